The summed E-state index contributed by atoms with van der Waals surface area (Å²) in [5, 5.41) is 15.0. The normalized spacial score (nSPS) is 10.9. The van der Waals surface area contributed by atoms with Gasteiger partial charge in [-0.15, -0.1) is 10.2 Å². The molecule has 2 aromatic carbocycles. The molecule has 1 aromatic heterocycles. The Balaban J connectivity index is 1.59. The summed E-state index contributed by atoms with van der Waals surface area (Å²) in [7, 11) is 0. The molecule has 7 nitrogen and oxygen atoms in total. The Kier molecular flexibility index (Phi) is 8.52. The van der Waals surface area contributed by atoms with Crippen LogP contribution in [0.3, 0.4) is 0 Å². The number of carbonyl (C=O) groups excluding carboxylic acids is 2. The monoisotopic (exact) mass is 495 g/mol. The molecular formula is C21H20Cl2FN5O2S. The first-order valence-electron chi connectivity index (χ1n) is 9.70. The number of nitrogens with zero attached hydrogens (tertiary/aromatic N) is 3. The highest BCUT2D eigenvalue weighted by molar-refractivity contribution is 7.13. The molecule has 3 rings (SSSR count). The van der Waals surface area contributed by atoms with Crippen LogP contribution in [0.1, 0.15) is 28.2 Å². The predicted octanol–water partition coefficient (Wildman–Crippen LogP) is 5.09. The second-order valence-electron chi connectivity index (χ2n) is 6.84. The first-order chi connectivity index (χ1) is 15.3. The minimum atomic E-state index is -0.433. The molecule has 0 aliphatic heterocycles. The van der Waals surface area contributed by atoms with E-state index in [9.17, 15) is 14.0 Å². The van der Waals surface area contributed by atoms with Gasteiger partial charge in [-0.3, -0.25) is 14.5 Å². The minimum Gasteiger partial charge on any atom is -0.324 e. The van der Waals surface area contributed by atoms with Gasteiger partial charge in [0.2, 0.25) is 10.9 Å². The summed E-state index contributed by atoms with van der Waals surface area (Å²) in [5.74, 6) is -1.06. The highest BCUT2D eigenvalue weighted by Crippen LogP contribution is 2.25. The van der Waals surface area contributed by atoms with Crippen LogP contribution in [0.2, 0.25) is 10.0 Å². The third-order valence-electron chi connectivity index (χ3n) is 4.23. The van der Waals surface area contributed by atoms with Crippen molar-refractivity contribution in [3.05, 3.63) is 68.3 Å². The highest BCUT2D eigenvalue weighted by atomic mass is 35.5. The molecule has 0 atom stereocenters. The maximum atomic E-state index is 13.0. The fourth-order valence-electron chi connectivity index (χ4n) is 2.83. The molecule has 3 aromatic rings. The van der Waals surface area contributed by atoms with Crippen LogP contribution in [0.4, 0.5) is 15.8 Å². The molecule has 32 heavy (non-hydrogen) atoms. The number of aromatic nitrogens is 2. The maximum absolute atomic E-state index is 13.0. The van der Waals surface area contributed by atoms with Gasteiger partial charge in [0.25, 0.3) is 5.91 Å². The van der Waals surface area contributed by atoms with Crippen molar-refractivity contribution in [2.75, 3.05) is 23.7 Å². The van der Waals surface area contributed by atoms with Gasteiger partial charge in [0, 0.05) is 10.7 Å². The van der Waals surface area contributed by atoms with E-state index in [1.807, 2.05) is 11.8 Å². The van der Waals surface area contributed by atoms with Crippen LogP contribution in [-0.2, 0) is 11.3 Å². The van der Waals surface area contributed by atoms with Crippen molar-refractivity contribution in [2.45, 2.75) is 19.9 Å². The Morgan fingerprint density at radius 1 is 1.09 bits per heavy atom. The SMILES string of the molecule is CCCN(CC(=O)Nc1ccc(Cl)cc1Cl)Cc1nnc(C(=O)Nc2ccc(F)cc2)s1. The first kappa shape index (κ1) is 24.1. The van der Waals surface area contributed by atoms with Crippen molar-refractivity contribution < 1.29 is 14.0 Å². The van der Waals surface area contributed by atoms with E-state index in [4.69, 9.17) is 23.2 Å². The molecule has 168 valence electrons. The quantitative estimate of drug-likeness (QED) is 0.431. The average molecular weight is 496 g/mol. The highest BCUT2D eigenvalue weighted by Gasteiger charge is 2.17. The Morgan fingerprint density at radius 2 is 1.84 bits per heavy atom. The topological polar surface area (TPSA) is 87.2 Å². The lowest BCUT2D eigenvalue weighted by atomic mass is 10.3. The number of hydrogen-bond donors (Lipinski definition) is 2. The number of hydrogen-bond acceptors (Lipinski definition) is 6. The first-order valence-corrected chi connectivity index (χ1v) is 11.3. The molecule has 0 bridgehead atoms. The van der Waals surface area contributed by atoms with E-state index >= 15 is 0 Å². The Labute approximate surface area is 198 Å². The lowest BCUT2D eigenvalue weighted by Gasteiger charge is -2.19. The van der Waals surface area contributed by atoms with E-state index < -0.39 is 5.91 Å². The van der Waals surface area contributed by atoms with Crippen molar-refractivity contribution >= 4 is 57.7 Å². The van der Waals surface area contributed by atoms with Gasteiger partial charge >= 0.3 is 0 Å². The standard InChI is InChI=1S/C21H20Cl2FN5O2S/c1-2-9-29(11-18(30)26-17-8-3-13(22)10-16(17)23)12-19-27-28-21(32-19)20(31)25-15-6-4-14(24)5-7-15/h3-8,10H,2,9,11-12H2,1H3,(H,25,31)(H,26,30). The fraction of sp³-hybridized carbons (Fsp3) is 0.238. The number of amides is 2. The molecular weight excluding hydrogens is 476 g/mol. The van der Waals surface area contributed by atoms with Crippen molar-refractivity contribution in [3.8, 4) is 0 Å². The molecule has 0 spiro atoms. The van der Waals surface area contributed by atoms with Crippen LogP contribution < -0.4 is 10.6 Å². The van der Waals surface area contributed by atoms with Crippen molar-refractivity contribution in [1.82, 2.24) is 15.1 Å². The van der Waals surface area contributed by atoms with E-state index in [1.165, 1.54) is 24.3 Å². The summed E-state index contributed by atoms with van der Waals surface area (Å²) in [6, 6.07) is 10.3. The van der Waals surface area contributed by atoms with Gasteiger partial charge in [0.15, 0.2) is 0 Å². The zero-order valence-electron chi connectivity index (χ0n) is 17.1. The van der Waals surface area contributed by atoms with Crippen LogP contribution in [0.15, 0.2) is 42.5 Å². The lowest BCUT2D eigenvalue weighted by Crippen LogP contribution is -2.33. The second-order valence-corrected chi connectivity index (χ2v) is 8.75. The van der Waals surface area contributed by atoms with Crippen LogP contribution in [0.25, 0.3) is 0 Å². The van der Waals surface area contributed by atoms with E-state index in [1.54, 1.807) is 18.2 Å². The number of halogens is 3. The molecule has 0 radical (unpaired) electrons. The molecule has 0 saturated carbocycles. The van der Waals surface area contributed by atoms with E-state index in [0.29, 0.717) is 39.5 Å². The van der Waals surface area contributed by atoms with Crippen LogP contribution in [-0.4, -0.2) is 40.0 Å². The van der Waals surface area contributed by atoms with Crippen molar-refractivity contribution in [2.24, 2.45) is 0 Å². The molecule has 2 amide bonds. The summed E-state index contributed by atoms with van der Waals surface area (Å²) in [5.41, 5.74) is 0.937. The van der Waals surface area contributed by atoms with Crippen molar-refractivity contribution in [1.29, 1.82) is 0 Å². The number of carbonyl (C=O) groups is 2. The third kappa shape index (κ3) is 6.96. The molecule has 2 N–H and O–H groups in total. The summed E-state index contributed by atoms with van der Waals surface area (Å²) in [6.07, 6.45) is 0.825. The Morgan fingerprint density at radius 3 is 2.53 bits per heavy atom. The fourth-order valence-corrected chi connectivity index (χ4v) is 4.07. The summed E-state index contributed by atoms with van der Waals surface area (Å²) >= 11 is 13.1. The zero-order valence-corrected chi connectivity index (χ0v) is 19.4. The van der Waals surface area contributed by atoms with Crippen LogP contribution in [0.5, 0.6) is 0 Å². The van der Waals surface area contributed by atoms with E-state index in [0.717, 1.165) is 17.8 Å². The molecule has 0 saturated heterocycles. The number of benzene rings is 2. The third-order valence-corrected chi connectivity index (χ3v) is 5.69. The Bertz CT molecular complexity index is 1090. The molecule has 0 fully saturated rings. The summed E-state index contributed by atoms with van der Waals surface area (Å²) < 4.78 is 13.0. The summed E-state index contributed by atoms with van der Waals surface area (Å²) in [6.45, 7) is 3.13. The lowest BCUT2D eigenvalue weighted by molar-refractivity contribution is -0.117. The van der Waals surface area contributed by atoms with Gasteiger partial charge in [-0.05, 0) is 55.4 Å². The Hall–Kier alpha value is -2.59. The second kappa shape index (κ2) is 11.3. The van der Waals surface area contributed by atoms with E-state index in [-0.39, 0.29) is 23.3 Å². The molecule has 0 aliphatic rings. The van der Waals surface area contributed by atoms with Gasteiger partial charge in [-0.25, -0.2) is 4.39 Å². The van der Waals surface area contributed by atoms with Gasteiger partial charge in [0.05, 0.1) is 23.8 Å². The molecule has 0 aliphatic carbocycles. The smallest absolute Gasteiger partial charge is 0.286 e. The van der Waals surface area contributed by atoms with E-state index in [2.05, 4.69) is 20.8 Å². The van der Waals surface area contributed by atoms with Crippen molar-refractivity contribution in [3.63, 3.8) is 0 Å². The van der Waals surface area contributed by atoms with Crippen LogP contribution in [0, 0.1) is 5.82 Å². The van der Waals surface area contributed by atoms with Gasteiger partial charge < -0.3 is 10.6 Å². The number of anilines is 2. The molecule has 0 unspecified atom stereocenters. The summed E-state index contributed by atoms with van der Waals surface area (Å²) in [4.78, 5) is 26.8. The molecule has 11 heteroatoms. The maximum Gasteiger partial charge on any atom is 0.286 e. The number of rotatable bonds is 9. The van der Waals surface area contributed by atoms with Gasteiger partial charge in [-0.1, -0.05) is 41.5 Å². The van der Waals surface area contributed by atoms with Gasteiger partial charge in [-0.2, -0.15) is 0 Å². The number of nitrogens with one attached hydrogen (secondary N) is 2. The minimum absolute atomic E-state index is 0.115. The zero-order chi connectivity index (χ0) is 23.1. The molecule has 1 heterocycles. The van der Waals surface area contributed by atoms with Gasteiger partial charge in [0.1, 0.15) is 10.8 Å². The van der Waals surface area contributed by atoms with Crippen LogP contribution >= 0.6 is 34.5 Å². The average Bonchev–Trinajstić information content (AvgIpc) is 3.20. The largest absolute Gasteiger partial charge is 0.324 e. The predicted molar refractivity (Wildman–Crippen MR) is 125 cm³/mol.